The van der Waals surface area contributed by atoms with E-state index in [-0.39, 0.29) is 11.9 Å². The van der Waals surface area contributed by atoms with Gasteiger partial charge in [-0.25, -0.2) is 9.38 Å². The van der Waals surface area contributed by atoms with Gasteiger partial charge in [0.15, 0.2) is 17.4 Å². The van der Waals surface area contributed by atoms with Gasteiger partial charge >= 0.3 is 0 Å². The molecule has 0 bridgehead atoms. The van der Waals surface area contributed by atoms with Crippen molar-refractivity contribution >= 4 is 23.2 Å². The van der Waals surface area contributed by atoms with E-state index in [1.165, 1.54) is 6.07 Å². The molecule has 0 aliphatic carbocycles. The molecule has 3 heterocycles. The van der Waals surface area contributed by atoms with Crippen molar-refractivity contribution in [3.63, 3.8) is 0 Å². The third-order valence-corrected chi connectivity index (χ3v) is 5.81. The summed E-state index contributed by atoms with van der Waals surface area (Å²) in [6, 6.07) is 10.5. The number of guanidine groups is 1. The van der Waals surface area contributed by atoms with Crippen LogP contribution in [0.15, 0.2) is 47.6 Å². The lowest BCUT2D eigenvalue weighted by Gasteiger charge is -2.29. The molecule has 0 saturated carbocycles. The van der Waals surface area contributed by atoms with Crippen LogP contribution in [0.2, 0.25) is 5.02 Å². The molecule has 4 rings (SSSR count). The van der Waals surface area contributed by atoms with Gasteiger partial charge < -0.3 is 10.6 Å². The molecule has 3 aromatic rings. The van der Waals surface area contributed by atoms with Crippen molar-refractivity contribution in [3.05, 3.63) is 64.8 Å². The normalized spacial score (nSPS) is 16.0. The number of nitrogens with zero attached hydrogens (tertiary/aromatic N) is 5. The van der Waals surface area contributed by atoms with Gasteiger partial charge in [0.1, 0.15) is 12.4 Å². The van der Waals surface area contributed by atoms with Crippen LogP contribution in [0.4, 0.5) is 4.39 Å². The van der Waals surface area contributed by atoms with Gasteiger partial charge in [0.2, 0.25) is 0 Å². The van der Waals surface area contributed by atoms with Crippen molar-refractivity contribution in [3.8, 4) is 0 Å². The zero-order valence-electron chi connectivity index (χ0n) is 17.6. The van der Waals surface area contributed by atoms with Crippen LogP contribution in [-0.2, 0) is 6.54 Å². The molecule has 1 fully saturated rings. The molecule has 2 N–H and O–H groups in total. The molecule has 31 heavy (non-hydrogen) atoms. The molecule has 1 atom stereocenters. The number of benzene rings is 1. The van der Waals surface area contributed by atoms with Crippen LogP contribution < -0.4 is 10.6 Å². The van der Waals surface area contributed by atoms with E-state index in [9.17, 15) is 4.39 Å². The quantitative estimate of drug-likeness (QED) is 0.432. The van der Waals surface area contributed by atoms with Crippen LogP contribution in [0.3, 0.4) is 0 Å². The number of pyridine rings is 1. The highest BCUT2D eigenvalue weighted by Gasteiger charge is 2.27. The molecule has 1 aliphatic rings. The molecule has 1 aliphatic heterocycles. The fourth-order valence-corrected chi connectivity index (χ4v) is 4.27. The summed E-state index contributed by atoms with van der Waals surface area (Å²) >= 11 is 6.41. The number of halogens is 2. The Labute approximate surface area is 186 Å². The molecule has 1 aromatic carbocycles. The molecule has 0 amide bonds. The van der Waals surface area contributed by atoms with Crippen molar-refractivity contribution in [1.29, 1.82) is 0 Å². The summed E-state index contributed by atoms with van der Waals surface area (Å²) in [5.74, 6) is 1.12. The van der Waals surface area contributed by atoms with Crippen LogP contribution in [-0.4, -0.2) is 51.6 Å². The predicted octanol–water partition coefficient (Wildman–Crippen LogP) is 3.41. The van der Waals surface area contributed by atoms with E-state index in [4.69, 9.17) is 11.6 Å². The second-order valence-electron chi connectivity index (χ2n) is 7.52. The maximum absolute atomic E-state index is 14.7. The van der Waals surface area contributed by atoms with Crippen molar-refractivity contribution < 1.29 is 4.39 Å². The summed E-state index contributed by atoms with van der Waals surface area (Å²) in [5, 5.41) is 15.5. The molecule has 2 aromatic heterocycles. The lowest BCUT2D eigenvalue weighted by atomic mass is 10.0. The second-order valence-corrected chi connectivity index (χ2v) is 7.92. The van der Waals surface area contributed by atoms with Crippen LogP contribution >= 0.6 is 11.6 Å². The van der Waals surface area contributed by atoms with Crippen LogP contribution in [0.1, 0.15) is 37.2 Å². The first-order valence-electron chi connectivity index (χ1n) is 10.7. The topological polar surface area (TPSA) is 69.8 Å². The zero-order chi connectivity index (χ0) is 21.6. The van der Waals surface area contributed by atoms with Crippen LogP contribution in [0.25, 0.3) is 5.65 Å². The Morgan fingerprint density at radius 3 is 2.77 bits per heavy atom. The molecule has 1 unspecified atom stereocenters. The fourth-order valence-electron chi connectivity index (χ4n) is 3.98. The van der Waals surface area contributed by atoms with E-state index in [0.29, 0.717) is 36.2 Å². The van der Waals surface area contributed by atoms with E-state index >= 15 is 0 Å². The Bertz CT molecular complexity index is 1030. The summed E-state index contributed by atoms with van der Waals surface area (Å²) in [7, 11) is 0. The molecule has 0 spiro atoms. The molecule has 164 valence electrons. The molecule has 7 nitrogen and oxygen atoms in total. The van der Waals surface area contributed by atoms with Gasteiger partial charge in [-0.05, 0) is 57.1 Å². The summed E-state index contributed by atoms with van der Waals surface area (Å²) in [5.41, 5.74) is 1.33. The number of likely N-dealkylation sites (tertiary alicyclic amines) is 1. The first kappa shape index (κ1) is 21.5. The van der Waals surface area contributed by atoms with Crippen LogP contribution in [0.5, 0.6) is 0 Å². The van der Waals surface area contributed by atoms with Gasteiger partial charge in [-0.2, -0.15) is 0 Å². The van der Waals surface area contributed by atoms with Crippen molar-refractivity contribution in [2.45, 2.75) is 32.4 Å². The highest BCUT2D eigenvalue weighted by Crippen LogP contribution is 2.31. The minimum atomic E-state index is -0.275. The van der Waals surface area contributed by atoms with Gasteiger partial charge in [0.25, 0.3) is 0 Å². The lowest BCUT2D eigenvalue weighted by molar-refractivity contribution is 0.240. The smallest absolute Gasteiger partial charge is 0.191 e. The Balaban J connectivity index is 1.52. The number of nitrogens with one attached hydrogen (secondary N) is 2. The number of rotatable bonds is 7. The highest BCUT2D eigenvalue weighted by molar-refractivity contribution is 6.31. The fraction of sp³-hybridized carbons (Fsp3) is 0.409. The SMILES string of the molecule is CCNC(=NCc1nnc2ccccn12)NCC(c1c(F)cccc1Cl)N1CCCC1. The van der Waals surface area contributed by atoms with E-state index in [1.807, 2.05) is 35.7 Å². The van der Waals surface area contributed by atoms with Gasteiger partial charge in [-0.15, -0.1) is 10.2 Å². The zero-order valence-corrected chi connectivity index (χ0v) is 18.3. The minimum Gasteiger partial charge on any atom is -0.357 e. The number of fused-ring (bicyclic) bond motifs is 1. The molecule has 9 heteroatoms. The standard InChI is InChI=1S/C22H27ClFN7/c1-2-25-22(27-15-20-29-28-19-10-3-4-13-31(19)20)26-14-18(30-11-5-6-12-30)21-16(23)8-7-9-17(21)24/h3-4,7-10,13,18H,2,5-6,11-12,14-15H2,1H3,(H2,25,26,27). The van der Waals surface area contributed by atoms with Gasteiger partial charge in [0, 0.05) is 29.9 Å². The van der Waals surface area contributed by atoms with Crippen molar-refractivity contribution in [2.75, 3.05) is 26.2 Å². The Morgan fingerprint density at radius 2 is 2.00 bits per heavy atom. The maximum atomic E-state index is 14.7. The average molecular weight is 444 g/mol. The molecular formula is C22H27ClFN7. The van der Waals surface area contributed by atoms with E-state index in [0.717, 1.165) is 37.4 Å². The van der Waals surface area contributed by atoms with E-state index in [1.54, 1.807) is 12.1 Å². The third kappa shape index (κ3) is 4.97. The molecule has 0 radical (unpaired) electrons. The number of hydrogen-bond acceptors (Lipinski definition) is 4. The first-order chi connectivity index (χ1) is 15.2. The van der Waals surface area contributed by atoms with Gasteiger partial charge in [-0.1, -0.05) is 23.7 Å². The van der Waals surface area contributed by atoms with Gasteiger partial charge in [-0.3, -0.25) is 9.30 Å². The lowest BCUT2D eigenvalue weighted by Crippen LogP contribution is -2.43. The second kappa shape index (κ2) is 10.1. The largest absolute Gasteiger partial charge is 0.357 e. The Hall–Kier alpha value is -2.71. The number of hydrogen-bond donors (Lipinski definition) is 2. The minimum absolute atomic E-state index is 0.172. The van der Waals surface area contributed by atoms with Gasteiger partial charge in [0.05, 0.1) is 6.04 Å². The Kier molecular flexibility index (Phi) is 6.99. The average Bonchev–Trinajstić information content (AvgIpc) is 3.44. The number of aliphatic imine (C=N–C) groups is 1. The summed E-state index contributed by atoms with van der Waals surface area (Å²) in [6.07, 6.45) is 4.14. The molecule has 1 saturated heterocycles. The van der Waals surface area contributed by atoms with Crippen molar-refractivity contribution in [1.82, 2.24) is 30.1 Å². The summed E-state index contributed by atoms with van der Waals surface area (Å²) < 4.78 is 16.6. The predicted molar refractivity (Wildman–Crippen MR) is 121 cm³/mol. The summed E-state index contributed by atoms with van der Waals surface area (Å²) in [4.78, 5) is 6.95. The highest BCUT2D eigenvalue weighted by atomic mass is 35.5. The molecular weight excluding hydrogens is 417 g/mol. The summed E-state index contributed by atoms with van der Waals surface area (Å²) in [6.45, 7) is 5.44. The van der Waals surface area contributed by atoms with Crippen molar-refractivity contribution in [2.24, 2.45) is 4.99 Å². The maximum Gasteiger partial charge on any atom is 0.191 e. The third-order valence-electron chi connectivity index (χ3n) is 5.48. The first-order valence-corrected chi connectivity index (χ1v) is 11.0. The Morgan fingerprint density at radius 1 is 1.16 bits per heavy atom. The van der Waals surface area contributed by atoms with E-state index in [2.05, 4.69) is 30.7 Å². The number of aromatic nitrogens is 3. The monoisotopic (exact) mass is 443 g/mol. The van der Waals surface area contributed by atoms with Crippen LogP contribution in [0, 0.1) is 5.82 Å². The van der Waals surface area contributed by atoms with E-state index < -0.39 is 0 Å².